The zero-order valence-corrected chi connectivity index (χ0v) is 17.4. The molecule has 0 bridgehead atoms. The Balaban J connectivity index is 2.11. The Hall–Kier alpha value is -2.62. The van der Waals surface area contributed by atoms with Gasteiger partial charge in [-0.3, -0.25) is 9.59 Å². The third-order valence-electron chi connectivity index (χ3n) is 4.69. The van der Waals surface area contributed by atoms with Crippen LogP contribution in [-0.2, 0) is 21.4 Å². The minimum absolute atomic E-state index is 0.0402. The van der Waals surface area contributed by atoms with Gasteiger partial charge in [0.05, 0.1) is 13.0 Å². The number of ether oxygens (including phenoxy) is 1. The molecule has 0 aliphatic heterocycles. The molecule has 0 N–H and O–H groups in total. The van der Waals surface area contributed by atoms with Gasteiger partial charge in [-0.2, -0.15) is 0 Å². The lowest BCUT2D eigenvalue weighted by Gasteiger charge is -2.24. The summed E-state index contributed by atoms with van der Waals surface area (Å²) in [6, 6.07) is 17.8. The fraction of sp³-hybridized carbons (Fsp3) is 0.417. The lowest BCUT2D eigenvalue weighted by atomic mass is 9.86. The summed E-state index contributed by atoms with van der Waals surface area (Å²) in [5.74, 6) is -0.330. The molecule has 1 amide bonds. The monoisotopic (exact) mass is 381 g/mol. The van der Waals surface area contributed by atoms with Crippen LogP contribution in [0.1, 0.15) is 55.6 Å². The first-order valence-corrected chi connectivity index (χ1v) is 9.90. The summed E-state index contributed by atoms with van der Waals surface area (Å²) in [6.45, 7) is 9.49. The molecule has 0 aliphatic rings. The van der Waals surface area contributed by atoms with E-state index in [9.17, 15) is 9.59 Å². The summed E-state index contributed by atoms with van der Waals surface area (Å²) in [4.78, 5) is 26.6. The zero-order chi connectivity index (χ0) is 20.6. The SMILES string of the molecule is CCOC(=O)CCN(CCc1ccccc1)C(=O)c1ccc(C(C)(C)C)cc1. The number of hydrogen-bond donors (Lipinski definition) is 0. The van der Waals surface area contributed by atoms with Crippen LogP contribution in [-0.4, -0.2) is 36.5 Å². The molecule has 4 nitrogen and oxygen atoms in total. The van der Waals surface area contributed by atoms with E-state index < -0.39 is 0 Å². The molecule has 0 fully saturated rings. The Labute approximate surface area is 168 Å². The maximum Gasteiger partial charge on any atom is 0.307 e. The second-order valence-corrected chi connectivity index (χ2v) is 7.91. The number of nitrogens with zero attached hydrogens (tertiary/aromatic N) is 1. The second kappa shape index (κ2) is 10.1. The predicted octanol–water partition coefficient (Wildman–Crippen LogP) is 4.62. The summed E-state index contributed by atoms with van der Waals surface area (Å²) in [5.41, 5.74) is 3.04. The van der Waals surface area contributed by atoms with Crippen molar-refractivity contribution in [2.75, 3.05) is 19.7 Å². The number of carbonyl (C=O) groups excluding carboxylic acids is 2. The van der Waals surface area contributed by atoms with E-state index in [1.165, 1.54) is 11.1 Å². The number of carbonyl (C=O) groups is 2. The van der Waals surface area contributed by atoms with Gasteiger partial charge in [-0.15, -0.1) is 0 Å². The van der Waals surface area contributed by atoms with Crippen molar-refractivity contribution in [3.63, 3.8) is 0 Å². The van der Waals surface area contributed by atoms with E-state index in [4.69, 9.17) is 4.74 Å². The summed E-state index contributed by atoms with van der Waals surface area (Å²) in [7, 11) is 0. The van der Waals surface area contributed by atoms with Gasteiger partial charge in [0.1, 0.15) is 0 Å². The lowest BCUT2D eigenvalue weighted by Crippen LogP contribution is -2.35. The molecule has 0 unspecified atom stereocenters. The van der Waals surface area contributed by atoms with Gasteiger partial charge in [0, 0.05) is 18.7 Å². The lowest BCUT2D eigenvalue weighted by molar-refractivity contribution is -0.143. The van der Waals surface area contributed by atoms with Gasteiger partial charge in [-0.05, 0) is 42.0 Å². The van der Waals surface area contributed by atoms with E-state index >= 15 is 0 Å². The molecule has 2 aromatic carbocycles. The van der Waals surface area contributed by atoms with Crippen molar-refractivity contribution in [1.29, 1.82) is 0 Å². The van der Waals surface area contributed by atoms with Crippen molar-refractivity contribution in [2.24, 2.45) is 0 Å². The van der Waals surface area contributed by atoms with E-state index in [1.54, 1.807) is 11.8 Å². The fourth-order valence-electron chi connectivity index (χ4n) is 2.98. The molecule has 0 aromatic heterocycles. The van der Waals surface area contributed by atoms with Crippen LogP contribution in [0, 0.1) is 0 Å². The van der Waals surface area contributed by atoms with E-state index in [1.807, 2.05) is 54.6 Å². The molecule has 0 aliphatic carbocycles. The molecule has 0 atom stereocenters. The Morgan fingerprint density at radius 2 is 1.57 bits per heavy atom. The van der Waals surface area contributed by atoms with Crippen LogP contribution in [0.3, 0.4) is 0 Å². The molecule has 0 spiro atoms. The molecule has 4 heteroatoms. The van der Waals surface area contributed by atoms with Gasteiger partial charge < -0.3 is 9.64 Å². The first-order chi connectivity index (χ1) is 13.3. The zero-order valence-electron chi connectivity index (χ0n) is 17.4. The minimum Gasteiger partial charge on any atom is -0.466 e. The second-order valence-electron chi connectivity index (χ2n) is 7.91. The molecule has 0 radical (unpaired) electrons. The first-order valence-electron chi connectivity index (χ1n) is 9.90. The van der Waals surface area contributed by atoms with Crippen LogP contribution in [0.4, 0.5) is 0 Å². The molecular formula is C24H31NO3. The summed E-state index contributed by atoms with van der Waals surface area (Å²) in [5, 5.41) is 0. The molecule has 0 heterocycles. The molecule has 150 valence electrons. The van der Waals surface area contributed by atoms with Gasteiger partial charge in [0.15, 0.2) is 0 Å². The third kappa shape index (κ3) is 6.52. The van der Waals surface area contributed by atoms with Crippen molar-refractivity contribution in [3.8, 4) is 0 Å². The van der Waals surface area contributed by atoms with Gasteiger partial charge in [-0.25, -0.2) is 0 Å². The predicted molar refractivity (Wildman–Crippen MR) is 112 cm³/mol. The number of benzene rings is 2. The number of rotatable bonds is 8. The maximum atomic E-state index is 13.1. The van der Waals surface area contributed by atoms with Crippen LogP contribution >= 0.6 is 0 Å². The van der Waals surface area contributed by atoms with Crippen molar-refractivity contribution in [2.45, 2.75) is 46.0 Å². The Kier molecular flexibility index (Phi) is 7.80. The molecule has 0 saturated carbocycles. The van der Waals surface area contributed by atoms with Crippen LogP contribution < -0.4 is 0 Å². The van der Waals surface area contributed by atoms with Crippen molar-refractivity contribution in [1.82, 2.24) is 4.90 Å². The molecule has 28 heavy (non-hydrogen) atoms. The summed E-state index contributed by atoms with van der Waals surface area (Å²) in [6.07, 6.45) is 0.948. The number of amides is 1. The van der Waals surface area contributed by atoms with E-state index in [0.29, 0.717) is 25.3 Å². The normalized spacial score (nSPS) is 11.1. The smallest absolute Gasteiger partial charge is 0.307 e. The number of hydrogen-bond acceptors (Lipinski definition) is 3. The van der Waals surface area contributed by atoms with Crippen LogP contribution in [0.5, 0.6) is 0 Å². The van der Waals surface area contributed by atoms with Crippen LogP contribution in [0.25, 0.3) is 0 Å². The summed E-state index contributed by atoms with van der Waals surface area (Å²) < 4.78 is 5.02. The highest BCUT2D eigenvalue weighted by Gasteiger charge is 2.19. The van der Waals surface area contributed by atoms with Gasteiger partial charge in [0.25, 0.3) is 5.91 Å². The highest BCUT2D eigenvalue weighted by Crippen LogP contribution is 2.22. The maximum absolute atomic E-state index is 13.1. The average molecular weight is 382 g/mol. The highest BCUT2D eigenvalue weighted by molar-refractivity contribution is 5.94. The van der Waals surface area contributed by atoms with Crippen molar-refractivity contribution < 1.29 is 14.3 Å². The van der Waals surface area contributed by atoms with E-state index in [-0.39, 0.29) is 23.7 Å². The molecule has 2 rings (SSSR count). The molecule has 2 aromatic rings. The highest BCUT2D eigenvalue weighted by atomic mass is 16.5. The Morgan fingerprint density at radius 3 is 2.14 bits per heavy atom. The molecule has 0 saturated heterocycles. The van der Waals surface area contributed by atoms with Gasteiger partial charge in [0.2, 0.25) is 0 Å². The average Bonchev–Trinajstić information content (AvgIpc) is 2.68. The largest absolute Gasteiger partial charge is 0.466 e. The number of esters is 1. The fourth-order valence-corrected chi connectivity index (χ4v) is 2.98. The van der Waals surface area contributed by atoms with E-state index in [0.717, 1.165) is 6.42 Å². The van der Waals surface area contributed by atoms with Crippen LogP contribution in [0.15, 0.2) is 54.6 Å². The van der Waals surface area contributed by atoms with E-state index in [2.05, 4.69) is 20.8 Å². The van der Waals surface area contributed by atoms with Gasteiger partial charge >= 0.3 is 5.97 Å². The minimum atomic E-state index is -0.275. The van der Waals surface area contributed by atoms with Crippen molar-refractivity contribution >= 4 is 11.9 Å². The quantitative estimate of drug-likeness (QED) is 0.627. The van der Waals surface area contributed by atoms with Crippen molar-refractivity contribution in [3.05, 3.63) is 71.3 Å². The third-order valence-corrected chi connectivity index (χ3v) is 4.69. The molecular weight excluding hydrogens is 350 g/mol. The topological polar surface area (TPSA) is 46.6 Å². The Morgan fingerprint density at radius 1 is 0.929 bits per heavy atom. The first kappa shape index (κ1) is 21.7. The summed E-state index contributed by atoms with van der Waals surface area (Å²) >= 11 is 0. The van der Waals surface area contributed by atoms with Gasteiger partial charge in [-0.1, -0.05) is 63.2 Å². The standard InChI is InChI=1S/C24H31NO3/c1-5-28-22(26)16-18-25(17-15-19-9-7-6-8-10-19)23(27)20-11-13-21(14-12-20)24(2,3)4/h6-14H,5,15-18H2,1-4H3. The van der Waals surface area contributed by atoms with Crippen LogP contribution in [0.2, 0.25) is 0 Å². The Bertz CT molecular complexity index is 761.